The minimum absolute atomic E-state index is 0.201. The highest BCUT2D eigenvalue weighted by Gasteiger charge is 2.35. The van der Waals surface area contributed by atoms with Gasteiger partial charge in [0.1, 0.15) is 18.1 Å². The Hall–Kier alpha value is -1.70. The number of nitrogens with zero attached hydrogens (tertiary/aromatic N) is 2. The van der Waals surface area contributed by atoms with Crippen LogP contribution in [0.1, 0.15) is 32.1 Å². The highest BCUT2D eigenvalue weighted by atomic mass is 16.5. The molecule has 1 unspecified atom stereocenters. The van der Waals surface area contributed by atoms with Crippen molar-refractivity contribution >= 4 is 5.82 Å². The third-order valence-electron chi connectivity index (χ3n) is 3.61. The molecule has 0 aromatic carbocycles. The Bertz CT molecular complexity index is 597. The van der Waals surface area contributed by atoms with Crippen LogP contribution in [0.5, 0.6) is 0 Å². The normalized spacial score (nSPS) is 25.4. The van der Waals surface area contributed by atoms with Crippen molar-refractivity contribution < 1.29 is 14.9 Å². The van der Waals surface area contributed by atoms with Gasteiger partial charge in [0, 0.05) is 18.2 Å². The van der Waals surface area contributed by atoms with E-state index in [1.807, 2.05) is 12.2 Å². The van der Waals surface area contributed by atoms with Gasteiger partial charge in [-0.3, -0.25) is 4.57 Å². The molecule has 1 aromatic heterocycles. The minimum atomic E-state index is -0.802. The fourth-order valence-corrected chi connectivity index (χ4v) is 2.40. The Morgan fingerprint density at radius 1 is 1.59 bits per heavy atom. The summed E-state index contributed by atoms with van der Waals surface area (Å²) in [5.74, 6) is 0.630. The zero-order valence-corrected chi connectivity index (χ0v) is 12.8. The predicted molar refractivity (Wildman–Crippen MR) is 82.2 cm³/mol. The first-order valence-electron chi connectivity index (χ1n) is 7.41. The predicted octanol–water partition coefficient (Wildman–Crippen LogP) is 0.221. The van der Waals surface area contributed by atoms with E-state index in [-0.39, 0.29) is 18.8 Å². The molecule has 0 amide bonds. The van der Waals surface area contributed by atoms with Crippen LogP contribution < -0.4 is 11.4 Å². The molecule has 0 bridgehead atoms. The summed E-state index contributed by atoms with van der Waals surface area (Å²) in [4.78, 5) is 15.8. The van der Waals surface area contributed by atoms with Crippen molar-refractivity contribution in [3.05, 3.63) is 34.4 Å². The lowest BCUT2D eigenvalue weighted by atomic mass is 10.1. The lowest BCUT2D eigenvalue weighted by Crippen LogP contribution is -2.29. The van der Waals surface area contributed by atoms with Crippen molar-refractivity contribution in [2.75, 3.05) is 12.3 Å². The van der Waals surface area contributed by atoms with Crippen molar-refractivity contribution in [3.63, 3.8) is 0 Å². The monoisotopic (exact) mass is 309 g/mol. The van der Waals surface area contributed by atoms with Gasteiger partial charge in [-0.2, -0.15) is 4.98 Å². The van der Waals surface area contributed by atoms with Crippen molar-refractivity contribution in [3.8, 4) is 0 Å². The zero-order valence-electron chi connectivity index (χ0n) is 12.8. The summed E-state index contributed by atoms with van der Waals surface area (Å²) in [6, 6.07) is 0. The van der Waals surface area contributed by atoms with E-state index in [1.165, 1.54) is 4.57 Å². The second-order valence-electron chi connectivity index (χ2n) is 5.83. The van der Waals surface area contributed by atoms with Crippen LogP contribution in [-0.4, -0.2) is 38.6 Å². The van der Waals surface area contributed by atoms with Gasteiger partial charge in [-0.25, -0.2) is 4.79 Å². The molecule has 4 N–H and O–H groups in total. The molecule has 22 heavy (non-hydrogen) atoms. The van der Waals surface area contributed by atoms with E-state index in [1.54, 1.807) is 6.20 Å². The first-order chi connectivity index (χ1) is 10.4. The molecule has 1 saturated heterocycles. The molecule has 7 nitrogen and oxygen atoms in total. The number of hydrogen-bond acceptors (Lipinski definition) is 6. The molecule has 3 atom stereocenters. The first-order valence-corrected chi connectivity index (χ1v) is 7.41. The van der Waals surface area contributed by atoms with Gasteiger partial charge < -0.3 is 20.7 Å². The smallest absolute Gasteiger partial charge is 0.351 e. The molecule has 0 saturated carbocycles. The number of aromatic nitrogens is 2. The zero-order chi connectivity index (χ0) is 16.3. The molecular weight excluding hydrogens is 286 g/mol. The molecule has 7 heteroatoms. The quantitative estimate of drug-likeness (QED) is 0.671. The van der Waals surface area contributed by atoms with E-state index >= 15 is 0 Å². The SMILES string of the molecule is CC(C)C=CCc1cn([C@H]2CC(O)[C@@H](CO)O2)c(=O)nc1N. The fourth-order valence-electron chi connectivity index (χ4n) is 2.40. The molecule has 0 aliphatic carbocycles. The average Bonchev–Trinajstić information content (AvgIpc) is 2.81. The van der Waals surface area contributed by atoms with Crippen LogP contribution in [0.2, 0.25) is 0 Å². The molecule has 1 aromatic rings. The molecule has 1 aliphatic rings. The van der Waals surface area contributed by atoms with E-state index < -0.39 is 24.1 Å². The fraction of sp³-hybridized carbons (Fsp3) is 0.600. The van der Waals surface area contributed by atoms with E-state index in [2.05, 4.69) is 18.8 Å². The van der Waals surface area contributed by atoms with Crippen LogP contribution in [0.3, 0.4) is 0 Å². The highest BCUT2D eigenvalue weighted by Crippen LogP contribution is 2.27. The van der Waals surface area contributed by atoms with Crippen molar-refractivity contribution in [2.24, 2.45) is 5.92 Å². The number of aliphatic hydroxyl groups excluding tert-OH is 2. The van der Waals surface area contributed by atoms with Gasteiger partial charge in [-0.1, -0.05) is 26.0 Å². The second kappa shape index (κ2) is 7.04. The Labute approximate surface area is 129 Å². The van der Waals surface area contributed by atoms with Crippen molar-refractivity contribution in [2.45, 2.75) is 45.1 Å². The van der Waals surface area contributed by atoms with Crippen LogP contribution in [0, 0.1) is 5.92 Å². The van der Waals surface area contributed by atoms with E-state index in [9.17, 15) is 9.90 Å². The van der Waals surface area contributed by atoms with Crippen LogP contribution in [0.25, 0.3) is 0 Å². The lowest BCUT2D eigenvalue weighted by molar-refractivity contribution is -0.0459. The number of nitrogen functional groups attached to an aromatic ring is 1. The van der Waals surface area contributed by atoms with Gasteiger partial charge in [0.15, 0.2) is 0 Å². The average molecular weight is 309 g/mol. The number of rotatable bonds is 5. The van der Waals surface area contributed by atoms with Crippen molar-refractivity contribution in [1.82, 2.24) is 9.55 Å². The maximum atomic E-state index is 12.0. The van der Waals surface area contributed by atoms with E-state index in [4.69, 9.17) is 15.6 Å². The number of aliphatic hydroxyl groups is 2. The molecule has 1 fully saturated rings. The standard InChI is InChI=1S/C15H23N3O4/c1-9(2)4-3-5-10-7-18(15(21)17-14(10)16)13-6-11(20)12(8-19)22-13/h3-4,7,9,11-13,19-20H,5-6,8H2,1-2H3,(H2,16,17,21)/t11?,12-,13-/m1/s1. The maximum Gasteiger partial charge on any atom is 0.351 e. The molecule has 1 aliphatic heterocycles. The summed E-state index contributed by atoms with van der Waals surface area (Å²) in [6.07, 6.45) is 4.32. The number of anilines is 1. The molecule has 0 spiro atoms. The van der Waals surface area contributed by atoms with E-state index in [0.29, 0.717) is 12.3 Å². The van der Waals surface area contributed by atoms with Crippen molar-refractivity contribution in [1.29, 1.82) is 0 Å². The van der Waals surface area contributed by atoms with E-state index in [0.717, 1.165) is 5.56 Å². The molecule has 2 heterocycles. The number of nitrogens with two attached hydrogens (primary N) is 1. The van der Waals surface area contributed by atoms with Crippen LogP contribution >= 0.6 is 0 Å². The first kappa shape index (κ1) is 16.7. The van der Waals surface area contributed by atoms with Gasteiger partial charge in [-0.15, -0.1) is 0 Å². The summed E-state index contributed by atoms with van der Waals surface area (Å²) in [6.45, 7) is 3.85. The Balaban J connectivity index is 2.23. The number of allylic oxidation sites excluding steroid dienone is 2. The second-order valence-corrected chi connectivity index (χ2v) is 5.83. The lowest BCUT2D eigenvalue weighted by Gasteiger charge is -2.16. The molecule has 122 valence electrons. The minimum Gasteiger partial charge on any atom is -0.394 e. The molecule has 0 radical (unpaired) electrons. The summed E-state index contributed by atoms with van der Waals surface area (Å²) in [5.41, 5.74) is 6.00. The number of ether oxygens (including phenoxy) is 1. The van der Waals surface area contributed by atoms with Gasteiger partial charge in [0.05, 0.1) is 12.7 Å². The number of hydrogen-bond donors (Lipinski definition) is 3. The van der Waals surface area contributed by atoms with Gasteiger partial charge >= 0.3 is 5.69 Å². The maximum absolute atomic E-state index is 12.0. The largest absolute Gasteiger partial charge is 0.394 e. The third-order valence-corrected chi connectivity index (χ3v) is 3.61. The Kier molecular flexibility index (Phi) is 5.33. The Morgan fingerprint density at radius 2 is 2.32 bits per heavy atom. The third kappa shape index (κ3) is 3.73. The molecular formula is C15H23N3O4. The summed E-state index contributed by atoms with van der Waals surface area (Å²) >= 11 is 0. The van der Waals surface area contributed by atoms with Crippen LogP contribution in [0.15, 0.2) is 23.1 Å². The summed E-state index contributed by atoms with van der Waals surface area (Å²) < 4.78 is 6.82. The highest BCUT2D eigenvalue weighted by molar-refractivity contribution is 5.38. The summed E-state index contributed by atoms with van der Waals surface area (Å²) in [5, 5.41) is 18.9. The van der Waals surface area contributed by atoms with Gasteiger partial charge in [0.25, 0.3) is 0 Å². The molecule has 2 rings (SSSR count). The van der Waals surface area contributed by atoms with Crippen LogP contribution in [0.4, 0.5) is 5.82 Å². The van der Waals surface area contributed by atoms with Crippen LogP contribution in [-0.2, 0) is 11.2 Å². The van der Waals surface area contributed by atoms with Gasteiger partial charge in [0.2, 0.25) is 0 Å². The topological polar surface area (TPSA) is 111 Å². The Morgan fingerprint density at radius 3 is 2.91 bits per heavy atom. The van der Waals surface area contributed by atoms with Gasteiger partial charge in [-0.05, 0) is 12.3 Å². The summed E-state index contributed by atoms with van der Waals surface area (Å²) in [7, 11) is 0.